The summed E-state index contributed by atoms with van der Waals surface area (Å²) in [7, 11) is 1.45. The molecule has 2 rings (SSSR count). The monoisotopic (exact) mass is 325 g/mol. The van der Waals surface area contributed by atoms with Crippen molar-refractivity contribution < 1.29 is 22.7 Å². The molecule has 8 heteroatoms. The van der Waals surface area contributed by atoms with Gasteiger partial charge in [0.05, 0.1) is 29.7 Å². The Bertz CT molecular complexity index is 717. The number of para-hydroxylation sites is 2. The Hall–Kier alpha value is -2.90. The number of hydrogen-bond donors (Lipinski definition) is 3. The number of hydrogen-bond acceptors (Lipinski definition) is 3. The van der Waals surface area contributed by atoms with Gasteiger partial charge < -0.3 is 21.1 Å². The molecule has 0 spiro atoms. The minimum atomic E-state index is -4.49. The lowest BCUT2D eigenvalue weighted by molar-refractivity contribution is -0.137. The van der Waals surface area contributed by atoms with Crippen LogP contribution in [0, 0.1) is 0 Å². The fraction of sp³-hybridized carbons (Fsp3) is 0.133. The van der Waals surface area contributed by atoms with Gasteiger partial charge in [0.1, 0.15) is 5.75 Å². The van der Waals surface area contributed by atoms with Gasteiger partial charge in [-0.1, -0.05) is 12.1 Å². The molecule has 0 heterocycles. The van der Waals surface area contributed by atoms with Crippen molar-refractivity contribution in [3.05, 3.63) is 48.0 Å². The second-order valence-corrected chi connectivity index (χ2v) is 4.58. The molecule has 0 radical (unpaired) electrons. The lowest BCUT2D eigenvalue weighted by Gasteiger charge is -2.13. The van der Waals surface area contributed by atoms with Crippen molar-refractivity contribution >= 4 is 23.1 Å². The van der Waals surface area contributed by atoms with Gasteiger partial charge in [0.15, 0.2) is 0 Å². The second kappa shape index (κ2) is 6.47. The maximum atomic E-state index is 12.6. The summed E-state index contributed by atoms with van der Waals surface area (Å²) in [6.07, 6.45) is -4.49. The molecule has 122 valence electrons. The van der Waals surface area contributed by atoms with Crippen LogP contribution in [0.25, 0.3) is 0 Å². The van der Waals surface area contributed by atoms with Gasteiger partial charge in [0.2, 0.25) is 0 Å². The molecule has 23 heavy (non-hydrogen) atoms. The first-order valence-corrected chi connectivity index (χ1v) is 6.49. The maximum absolute atomic E-state index is 12.6. The zero-order chi connectivity index (χ0) is 17.0. The third-order valence-electron chi connectivity index (χ3n) is 2.98. The Labute approximate surface area is 130 Å². The molecule has 2 amide bonds. The summed E-state index contributed by atoms with van der Waals surface area (Å²) in [5.41, 5.74) is 4.97. The average Bonchev–Trinajstić information content (AvgIpc) is 2.48. The number of urea groups is 1. The lowest BCUT2D eigenvalue weighted by Crippen LogP contribution is -2.20. The van der Waals surface area contributed by atoms with Gasteiger partial charge in [-0.25, -0.2) is 4.79 Å². The number of anilines is 3. The van der Waals surface area contributed by atoms with Crippen molar-refractivity contribution in [2.24, 2.45) is 0 Å². The predicted molar refractivity (Wildman–Crippen MR) is 81.5 cm³/mol. The molecule has 0 aliphatic heterocycles. The van der Waals surface area contributed by atoms with Crippen LogP contribution < -0.4 is 21.1 Å². The number of nitrogens with one attached hydrogen (secondary N) is 2. The quantitative estimate of drug-likeness (QED) is 0.748. The number of ether oxygens (including phenoxy) is 1. The highest BCUT2D eigenvalue weighted by atomic mass is 19.4. The Morgan fingerprint density at radius 2 is 1.74 bits per heavy atom. The van der Waals surface area contributed by atoms with Crippen LogP contribution in [0.3, 0.4) is 0 Å². The van der Waals surface area contributed by atoms with E-state index < -0.39 is 17.8 Å². The fourth-order valence-electron chi connectivity index (χ4n) is 1.88. The smallest absolute Gasteiger partial charge is 0.416 e. The van der Waals surface area contributed by atoms with Gasteiger partial charge in [-0.3, -0.25) is 0 Å². The molecule has 0 atom stereocenters. The summed E-state index contributed by atoms with van der Waals surface area (Å²) < 4.78 is 42.8. The van der Waals surface area contributed by atoms with Crippen LogP contribution in [-0.4, -0.2) is 13.1 Å². The van der Waals surface area contributed by atoms with E-state index in [2.05, 4.69) is 10.6 Å². The van der Waals surface area contributed by atoms with E-state index >= 15 is 0 Å². The normalized spacial score (nSPS) is 11.0. The Balaban J connectivity index is 2.12. The van der Waals surface area contributed by atoms with E-state index in [1.807, 2.05) is 0 Å². The van der Waals surface area contributed by atoms with Crippen molar-refractivity contribution in [2.45, 2.75) is 6.18 Å². The maximum Gasteiger partial charge on any atom is 0.416 e. The summed E-state index contributed by atoms with van der Waals surface area (Å²) in [5, 5.41) is 4.92. The molecule has 0 aliphatic rings. The first-order chi connectivity index (χ1) is 10.8. The van der Waals surface area contributed by atoms with Crippen LogP contribution in [0.4, 0.5) is 35.0 Å². The number of benzene rings is 2. The number of alkyl halides is 3. The molecule has 0 saturated carbocycles. The van der Waals surface area contributed by atoms with E-state index in [1.54, 1.807) is 24.3 Å². The van der Waals surface area contributed by atoms with Gasteiger partial charge >= 0.3 is 12.2 Å². The largest absolute Gasteiger partial charge is 0.495 e. The van der Waals surface area contributed by atoms with E-state index in [0.717, 1.165) is 18.2 Å². The number of halogens is 3. The van der Waals surface area contributed by atoms with Gasteiger partial charge in [-0.2, -0.15) is 13.2 Å². The summed E-state index contributed by atoms with van der Waals surface area (Å²) in [4.78, 5) is 11.9. The standard InChI is InChI=1S/C15H14F3N3O2/c1-23-13-5-3-2-4-12(13)21-14(22)20-11-7-6-9(8-10(11)19)15(16,17)18/h2-8H,19H2,1H3,(H2,20,21,22). The van der Waals surface area contributed by atoms with Crippen molar-refractivity contribution in [1.29, 1.82) is 0 Å². The Morgan fingerprint density at radius 1 is 1.09 bits per heavy atom. The van der Waals surface area contributed by atoms with E-state index in [1.165, 1.54) is 7.11 Å². The molecule has 0 bridgehead atoms. The highest BCUT2D eigenvalue weighted by molar-refractivity contribution is 6.02. The molecule has 0 saturated heterocycles. The number of nitrogens with two attached hydrogens (primary N) is 1. The van der Waals surface area contributed by atoms with Crippen LogP contribution in [-0.2, 0) is 6.18 Å². The van der Waals surface area contributed by atoms with Crippen LogP contribution in [0.1, 0.15) is 5.56 Å². The molecule has 4 N–H and O–H groups in total. The molecule has 2 aromatic rings. The Morgan fingerprint density at radius 3 is 2.35 bits per heavy atom. The first-order valence-electron chi connectivity index (χ1n) is 6.49. The molecular weight excluding hydrogens is 311 g/mol. The van der Waals surface area contributed by atoms with E-state index in [4.69, 9.17) is 10.5 Å². The number of nitrogen functional groups attached to an aromatic ring is 1. The van der Waals surface area contributed by atoms with Gasteiger partial charge in [-0.15, -0.1) is 0 Å². The van der Waals surface area contributed by atoms with Crippen LogP contribution in [0.5, 0.6) is 5.75 Å². The van der Waals surface area contributed by atoms with Gasteiger partial charge in [-0.05, 0) is 30.3 Å². The summed E-state index contributed by atoms with van der Waals surface area (Å²) in [6.45, 7) is 0. The molecular formula is C15H14F3N3O2. The number of carbonyl (C=O) groups is 1. The van der Waals surface area contributed by atoms with Gasteiger partial charge in [0, 0.05) is 0 Å². The third kappa shape index (κ3) is 4.06. The first kappa shape index (κ1) is 16.5. The fourth-order valence-corrected chi connectivity index (χ4v) is 1.88. The molecule has 0 fully saturated rings. The molecule has 0 unspecified atom stereocenters. The van der Waals surface area contributed by atoms with Crippen LogP contribution in [0.15, 0.2) is 42.5 Å². The SMILES string of the molecule is COc1ccccc1NC(=O)Nc1ccc(C(F)(F)F)cc1N. The van der Waals surface area contributed by atoms with Gasteiger partial charge in [0.25, 0.3) is 0 Å². The summed E-state index contributed by atoms with van der Waals surface area (Å²) >= 11 is 0. The van der Waals surface area contributed by atoms with Crippen molar-refractivity contribution in [3.63, 3.8) is 0 Å². The highest BCUT2D eigenvalue weighted by Crippen LogP contribution is 2.33. The minimum absolute atomic E-state index is 0.0744. The van der Waals surface area contributed by atoms with Crippen LogP contribution >= 0.6 is 0 Å². The third-order valence-corrected chi connectivity index (χ3v) is 2.98. The molecule has 2 aromatic carbocycles. The number of methoxy groups -OCH3 is 1. The lowest BCUT2D eigenvalue weighted by atomic mass is 10.1. The number of amides is 2. The van der Waals surface area contributed by atoms with Crippen LogP contribution in [0.2, 0.25) is 0 Å². The molecule has 5 nitrogen and oxygen atoms in total. The summed E-state index contributed by atoms with van der Waals surface area (Å²) in [6, 6.07) is 8.76. The van der Waals surface area contributed by atoms with Crippen molar-refractivity contribution in [2.75, 3.05) is 23.5 Å². The topological polar surface area (TPSA) is 76.4 Å². The van der Waals surface area contributed by atoms with E-state index in [9.17, 15) is 18.0 Å². The van der Waals surface area contributed by atoms with E-state index in [-0.39, 0.29) is 11.4 Å². The summed E-state index contributed by atoms with van der Waals surface area (Å²) in [5.74, 6) is 0.447. The zero-order valence-corrected chi connectivity index (χ0v) is 12.1. The Kier molecular flexibility index (Phi) is 4.63. The second-order valence-electron chi connectivity index (χ2n) is 4.58. The number of carbonyl (C=O) groups excluding carboxylic acids is 1. The number of rotatable bonds is 3. The predicted octanol–water partition coefficient (Wildman–Crippen LogP) is 3.94. The zero-order valence-electron chi connectivity index (χ0n) is 12.1. The minimum Gasteiger partial charge on any atom is -0.495 e. The van der Waals surface area contributed by atoms with E-state index in [0.29, 0.717) is 11.4 Å². The average molecular weight is 325 g/mol. The van der Waals surface area contributed by atoms with Crippen molar-refractivity contribution in [1.82, 2.24) is 0 Å². The molecule has 0 aromatic heterocycles. The van der Waals surface area contributed by atoms with Crippen molar-refractivity contribution in [3.8, 4) is 5.75 Å². The molecule has 0 aliphatic carbocycles. The highest BCUT2D eigenvalue weighted by Gasteiger charge is 2.30.